The zero-order chi connectivity index (χ0) is 15.6. The molecule has 118 valence electrons. The molecule has 2 rings (SSSR count). The number of nitrogens with one attached hydrogen (secondary N) is 1. The van der Waals surface area contributed by atoms with Crippen molar-refractivity contribution in [3.05, 3.63) is 34.1 Å². The molecular weight excluding hydrogens is 333 g/mol. The van der Waals surface area contributed by atoms with Gasteiger partial charge in [-0.05, 0) is 50.4 Å². The molecule has 2 nitrogen and oxygen atoms in total. The highest BCUT2D eigenvalue weighted by atomic mass is 79.9. The van der Waals surface area contributed by atoms with E-state index in [1.807, 2.05) is 6.07 Å². The molecule has 0 amide bonds. The fraction of sp³-hybridized carbons (Fsp3) is 0.647. The van der Waals surface area contributed by atoms with Crippen molar-refractivity contribution in [1.82, 2.24) is 5.32 Å². The lowest BCUT2D eigenvalue weighted by Gasteiger charge is -2.30. The first kappa shape index (κ1) is 16.9. The SMILES string of the molecule is CCNC(Cc1ccc(F)cc1Br)C1C(C)OC(C)C1C. The highest BCUT2D eigenvalue weighted by molar-refractivity contribution is 9.10. The molecule has 1 saturated heterocycles. The van der Waals surface area contributed by atoms with Crippen LogP contribution in [0, 0.1) is 17.7 Å². The van der Waals surface area contributed by atoms with E-state index in [2.05, 4.69) is 48.9 Å². The molecule has 0 radical (unpaired) electrons. The Balaban J connectivity index is 2.19. The van der Waals surface area contributed by atoms with Gasteiger partial charge in [-0.25, -0.2) is 4.39 Å². The van der Waals surface area contributed by atoms with Gasteiger partial charge < -0.3 is 10.1 Å². The average Bonchev–Trinajstić information content (AvgIpc) is 2.66. The van der Waals surface area contributed by atoms with Crippen LogP contribution < -0.4 is 5.32 Å². The molecule has 4 heteroatoms. The third kappa shape index (κ3) is 3.85. The molecule has 1 heterocycles. The Hall–Kier alpha value is -0.450. The van der Waals surface area contributed by atoms with Crippen LogP contribution in [0.3, 0.4) is 0 Å². The van der Waals surface area contributed by atoms with Crippen LogP contribution >= 0.6 is 15.9 Å². The minimum absolute atomic E-state index is 0.204. The third-order valence-corrected chi connectivity index (χ3v) is 5.44. The number of hydrogen-bond donors (Lipinski definition) is 1. The summed E-state index contributed by atoms with van der Waals surface area (Å²) in [7, 11) is 0. The van der Waals surface area contributed by atoms with E-state index in [1.54, 1.807) is 6.07 Å². The Morgan fingerprint density at radius 2 is 2.00 bits per heavy atom. The molecule has 0 spiro atoms. The Kier molecular flexibility index (Phi) is 5.81. The quantitative estimate of drug-likeness (QED) is 0.853. The summed E-state index contributed by atoms with van der Waals surface area (Å²) in [4.78, 5) is 0. The minimum atomic E-state index is -0.204. The summed E-state index contributed by atoms with van der Waals surface area (Å²) in [5.74, 6) is 0.783. The molecule has 5 atom stereocenters. The molecule has 1 fully saturated rings. The van der Waals surface area contributed by atoms with Crippen LogP contribution in [0.4, 0.5) is 4.39 Å². The van der Waals surface area contributed by atoms with Crippen LogP contribution in [-0.4, -0.2) is 24.8 Å². The maximum Gasteiger partial charge on any atom is 0.124 e. The number of benzene rings is 1. The monoisotopic (exact) mass is 357 g/mol. The van der Waals surface area contributed by atoms with Crippen LogP contribution in [0.15, 0.2) is 22.7 Å². The van der Waals surface area contributed by atoms with Gasteiger partial charge >= 0.3 is 0 Å². The maximum atomic E-state index is 13.2. The van der Waals surface area contributed by atoms with Crippen LogP contribution in [0.5, 0.6) is 0 Å². The fourth-order valence-electron chi connectivity index (χ4n) is 3.52. The number of rotatable bonds is 5. The summed E-state index contributed by atoms with van der Waals surface area (Å²) >= 11 is 3.48. The van der Waals surface area contributed by atoms with Gasteiger partial charge in [0.1, 0.15) is 5.82 Å². The van der Waals surface area contributed by atoms with Crippen molar-refractivity contribution in [1.29, 1.82) is 0 Å². The van der Waals surface area contributed by atoms with Crippen LogP contribution in [-0.2, 0) is 11.2 Å². The van der Waals surface area contributed by atoms with E-state index in [1.165, 1.54) is 6.07 Å². The summed E-state index contributed by atoms with van der Waals surface area (Å²) in [5, 5.41) is 3.60. The average molecular weight is 358 g/mol. The van der Waals surface area contributed by atoms with Gasteiger partial charge in [-0.15, -0.1) is 0 Å². The second kappa shape index (κ2) is 7.21. The number of ether oxygens (including phenoxy) is 1. The summed E-state index contributed by atoms with van der Waals surface area (Å²) in [6, 6.07) is 5.29. The van der Waals surface area contributed by atoms with Gasteiger partial charge in [-0.1, -0.05) is 35.8 Å². The Morgan fingerprint density at radius 3 is 2.52 bits per heavy atom. The van der Waals surface area contributed by atoms with E-state index < -0.39 is 0 Å². The Morgan fingerprint density at radius 1 is 1.29 bits per heavy atom. The first-order chi connectivity index (χ1) is 9.93. The van der Waals surface area contributed by atoms with Crippen molar-refractivity contribution in [2.45, 2.75) is 52.4 Å². The lowest BCUT2D eigenvalue weighted by atomic mass is 9.81. The standard InChI is InChI=1S/C17H25BrFNO/c1-5-20-16(17-10(2)11(3)21-12(17)4)8-13-6-7-14(19)9-15(13)18/h6-7,9-12,16-17,20H,5,8H2,1-4H3. The van der Waals surface area contributed by atoms with E-state index in [-0.39, 0.29) is 11.9 Å². The summed E-state index contributed by atoms with van der Waals surface area (Å²) < 4.78 is 20.1. The van der Waals surface area contributed by atoms with Crippen molar-refractivity contribution < 1.29 is 9.13 Å². The highest BCUT2D eigenvalue weighted by Crippen LogP contribution is 2.36. The zero-order valence-electron chi connectivity index (χ0n) is 13.2. The Labute approximate surface area is 135 Å². The van der Waals surface area contributed by atoms with Gasteiger partial charge in [0.2, 0.25) is 0 Å². The van der Waals surface area contributed by atoms with Crippen LogP contribution in [0.25, 0.3) is 0 Å². The van der Waals surface area contributed by atoms with E-state index in [0.29, 0.717) is 24.0 Å². The lowest BCUT2D eigenvalue weighted by molar-refractivity contribution is 0.0476. The predicted molar refractivity (Wildman–Crippen MR) is 87.9 cm³/mol. The summed E-state index contributed by atoms with van der Waals surface area (Å²) in [6.07, 6.45) is 1.42. The largest absolute Gasteiger partial charge is 0.375 e. The van der Waals surface area contributed by atoms with Gasteiger partial charge in [0, 0.05) is 16.4 Å². The van der Waals surface area contributed by atoms with Crippen molar-refractivity contribution in [3.8, 4) is 0 Å². The van der Waals surface area contributed by atoms with Crippen molar-refractivity contribution >= 4 is 15.9 Å². The number of hydrogen-bond acceptors (Lipinski definition) is 2. The zero-order valence-corrected chi connectivity index (χ0v) is 14.8. The van der Waals surface area contributed by atoms with Gasteiger partial charge in [0.25, 0.3) is 0 Å². The first-order valence-corrected chi connectivity index (χ1v) is 8.56. The second-order valence-electron chi connectivity index (χ2n) is 6.09. The molecule has 0 aliphatic carbocycles. The van der Waals surface area contributed by atoms with E-state index in [4.69, 9.17) is 4.74 Å². The fourth-order valence-corrected chi connectivity index (χ4v) is 4.03. The van der Waals surface area contributed by atoms with Crippen LogP contribution in [0.1, 0.15) is 33.3 Å². The lowest BCUT2D eigenvalue weighted by Crippen LogP contribution is -2.43. The maximum absolute atomic E-state index is 13.2. The van der Waals surface area contributed by atoms with E-state index in [0.717, 1.165) is 23.0 Å². The van der Waals surface area contributed by atoms with Crippen LogP contribution in [0.2, 0.25) is 0 Å². The number of halogens is 2. The molecule has 5 unspecified atom stereocenters. The molecule has 1 aromatic rings. The third-order valence-electron chi connectivity index (χ3n) is 4.70. The number of likely N-dealkylation sites (N-methyl/N-ethyl adjacent to an activating group) is 1. The summed E-state index contributed by atoms with van der Waals surface area (Å²) in [6.45, 7) is 9.63. The molecule has 1 N–H and O–H groups in total. The normalized spacial score (nSPS) is 30.6. The predicted octanol–water partition coefficient (Wildman–Crippen LogP) is 4.17. The molecular formula is C17H25BrFNO. The van der Waals surface area contributed by atoms with Gasteiger partial charge in [0.15, 0.2) is 0 Å². The van der Waals surface area contributed by atoms with Gasteiger partial charge in [0.05, 0.1) is 12.2 Å². The first-order valence-electron chi connectivity index (χ1n) is 7.76. The van der Waals surface area contributed by atoms with E-state index >= 15 is 0 Å². The van der Waals surface area contributed by atoms with Gasteiger partial charge in [-0.3, -0.25) is 0 Å². The molecule has 0 aromatic heterocycles. The molecule has 0 bridgehead atoms. The van der Waals surface area contributed by atoms with Crippen molar-refractivity contribution in [2.24, 2.45) is 11.8 Å². The molecule has 1 aliphatic rings. The molecule has 1 aliphatic heterocycles. The van der Waals surface area contributed by atoms with Crippen molar-refractivity contribution in [2.75, 3.05) is 6.54 Å². The highest BCUT2D eigenvalue weighted by Gasteiger charge is 2.41. The Bertz CT molecular complexity index is 482. The van der Waals surface area contributed by atoms with Crippen molar-refractivity contribution in [3.63, 3.8) is 0 Å². The minimum Gasteiger partial charge on any atom is -0.375 e. The van der Waals surface area contributed by atoms with Gasteiger partial charge in [-0.2, -0.15) is 0 Å². The topological polar surface area (TPSA) is 21.3 Å². The molecule has 21 heavy (non-hydrogen) atoms. The molecule has 0 saturated carbocycles. The summed E-state index contributed by atoms with van der Waals surface area (Å²) in [5.41, 5.74) is 1.14. The smallest absolute Gasteiger partial charge is 0.124 e. The second-order valence-corrected chi connectivity index (χ2v) is 6.94. The molecule has 1 aromatic carbocycles. The van der Waals surface area contributed by atoms with E-state index in [9.17, 15) is 4.39 Å².